The van der Waals surface area contributed by atoms with Crippen LogP contribution in [0.1, 0.15) is 118 Å². The first-order valence-corrected chi connectivity index (χ1v) is 17.5. The maximum Gasteiger partial charge on any atom is 0.305 e. The standard InChI is InChI=1S/C16H30O3.C16H28O3.CH4O3S/c2*1-12-10-13(2)15(11-17)14(12)8-6-4-5-7-9-16(18)19-3;1-5-4-3-2/h12-15,17H,4-11H2,1-3H3;11-15H,4-10H2,1-3H3;2H,1H3/t2*12-,13+,14-,15-;/m00./s1. The van der Waals surface area contributed by atoms with E-state index in [-0.39, 0.29) is 17.9 Å². The Morgan fingerprint density at radius 3 is 1.58 bits per heavy atom. The molecule has 0 aromatic heterocycles. The fourth-order valence-corrected chi connectivity index (χ4v) is 7.33. The van der Waals surface area contributed by atoms with E-state index in [1.54, 1.807) is 6.26 Å². The first-order valence-electron chi connectivity index (χ1n) is 16.3. The number of carbonyl (C=O) groups is 3. The van der Waals surface area contributed by atoms with Crippen molar-refractivity contribution in [3.63, 3.8) is 0 Å². The van der Waals surface area contributed by atoms with E-state index >= 15 is 0 Å². The van der Waals surface area contributed by atoms with Crippen molar-refractivity contribution in [1.29, 1.82) is 0 Å². The molecule has 0 saturated heterocycles. The number of aliphatic hydroxyl groups is 1. The van der Waals surface area contributed by atoms with Crippen LogP contribution in [0.4, 0.5) is 0 Å². The van der Waals surface area contributed by atoms with Crippen LogP contribution in [0.3, 0.4) is 0 Å². The van der Waals surface area contributed by atoms with E-state index in [4.69, 9.17) is 5.26 Å². The highest BCUT2D eigenvalue weighted by Gasteiger charge is 2.38. The van der Waals surface area contributed by atoms with Crippen LogP contribution in [0.2, 0.25) is 0 Å². The predicted molar refractivity (Wildman–Crippen MR) is 171 cm³/mol. The number of unbranched alkanes of at least 4 members (excludes halogenated alkanes) is 6. The van der Waals surface area contributed by atoms with Crippen molar-refractivity contribution in [1.82, 2.24) is 0 Å². The van der Waals surface area contributed by atoms with Crippen LogP contribution in [0.25, 0.3) is 0 Å². The Hall–Kier alpha value is -1.20. The van der Waals surface area contributed by atoms with Crippen LogP contribution >= 0.6 is 12.0 Å². The second-order valence-corrected chi connectivity index (χ2v) is 13.1. The molecular weight excluding hydrogens is 572 g/mol. The van der Waals surface area contributed by atoms with Gasteiger partial charge in [-0.3, -0.25) is 9.59 Å². The summed E-state index contributed by atoms with van der Waals surface area (Å²) in [6.07, 6.45) is 17.5. The Kier molecular flexibility index (Phi) is 25.3. The molecule has 2 fully saturated rings. The highest BCUT2D eigenvalue weighted by Crippen LogP contribution is 2.44. The molecule has 0 bridgehead atoms. The predicted octanol–water partition coefficient (Wildman–Crippen LogP) is 7.69. The number of ether oxygens (including phenoxy) is 2. The molecule has 2 aliphatic carbocycles. The van der Waals surface area contributed by atoms with E-state index in [0.717, 1.165) is 56.5 Å². The van der Waals surface area contributed by atoms with Gasteiger partial charge in [-0.2, -0.15) is 0 Å². The average molecular weight is 635 g/mol. The summed E-state index contributed by atoms with van der Waals surface area (Å²) in [6.45, 7) is 9.42. The monoisotopic (exact) mass is 634 g/mol. The third-order valence-corrected chi connectivity index (χ3v) is 9.84. The van der Waals surface area contributed by atoms with Gasteiger partial charge in [-0.15, -0.1) is 4.33 Å². The van der Waals surface area contributed by atoms with Crippen LogP contribution < -0.4 is 0 Å². The largest absolute Gasteiger partial charge is 0.469 e. The molecule has 43 heavy (non-hydrogen) atoms. The van der Waals surface area contributed by atoms with Gasteiger partial charge in [-0.25, -0.2) is 5.26 Å². The molecule has 0 aromatic carbocycles. The molecule has 0 unspecified atom stereocenters. The molecule has 8 atom stereocenters. The number of aldehydes is 1. The van der Waals surface area contributed by atoms with Gasteiger partial charge in [0.1, 0.15) is 6.29 Å². The fourth-order valence-electron chi connectivity index (χ4n) is 7.27. The first kappa shape index (κ1) is 41.8. The Bertz CT molecular complexity index is 720. The number of aliphatic hydroxyl groups excluding tert-OH is 1. The van der Waals surface area contributed by atoms with Crippen molar-refractivity contribution in [3.8, 4) is 0 Å². The summed E-state index contributed by atoms with van der Waals surface area (Å²) in [5.41, 5.74) is 0. The molecule has 2 aliphatic rings. The zero-order valence-corrected chi connectivity index (χ0v) is 28.8. The van der Waals surface area contributed by atoms with Crippen molar-refractivity contribution in [3.05, 3.63) is 0 Å². The topological polar surface area (TPSA) is 129 Å². The second-order valence-electron chi connectivity index (χ2n) is 12.6. The van der Waals surface area contributed by atoms with E-state index in [1.165, 1.54) is 59.0 Å². The molecule has 0 amide bonds. The van der Waals surface area contributed by atoms with Gasteiger partial charge in [0.2, 0.25) is 0 Å². The van der Waals surface area contributed by atoms with Gasteiger partial charge in [-0.05, 0) is 80.0 Å². The quantitative estimate of drug-likeness (QED) is 0.0386. The van der Waals surface area contributed by atoms with Crippen molar-refractivity contribution >= 4 is 30.3 Å². The molecular formula is C33H62O9S. The lowest BCUT2D eigenvalue weighted by Gasteiger charge is -2.22. The summed E-state index contributed by atoms with van der Waals surface area (Å²) in [7, 11) is 2.88. The summed E-state index contributed by atoms with van der Waals surface area (Å²) in [4.78, 5) is 33.1. The van der Waals surface area contributed by atoms with E-state index in [2.05, 4.69) is 46.5 Å². The van der Waals surface area contributed by atoms with Gasteiger partial charge in [-0.1, -0.05) is 71.3 Å². The van der Waals surface area contributed by atoms with Crippen LogP contribution in [-0.4, -0.2) is 55.7 Å². The minimum absolute atomic E-state index is 0.0985. The maximum atomic E-state index is 11.2. The molecule has 0 aromatic rings. The lowest BCUT2D eigenvalue weighted by atomic mass is 9.84. The molecule has 2 saturated carbocycles. The number of esters is 2. The highest BCUT2D eigenvalue weighted by atomic mass is 32.2. The Balaban J connectivity index is 0.000000709. The molecule has 2 N–H and O–H groups in total. The van der Waals surface area contributed by atoms with Crippen LogP contribution in [0, 0.1) is 47.3 Å². The van der Waals surface area contributed by atoms with Gasteiger partial charge in [0.15, 0.2) is 0 Å². The van der Waals surface area contributed by atoms with Crippen LogP contribution in [0.5, 0.6) is 0 Å². The van der Waals surface area contributed by atoms with Gasteiger partial charge >= 0.3 is 11.9 Å². The molecule has 0 aliphatic heterocycles. The van der Waals surface area contributed by atoms with Crippen molar-refractivity contribution < 1.29 is 43.6 Å². The third-order valence-electron chi connectivity index (χ3n) is 9.64. The first-order chi connectivity index (χ1) is 20.6. The van der Waals surface area contributed by atoms with E-state index in [1.807, 2.05) is 0 Å². The summed E-state index contributed by atoms with van der Waals surface area (Å²) >= 11 is 0.929. The average Bonchev–Trinajstić information content (AvgIpc) is 3.43. The molecule has 9 nitrogen and oxygen atoms in total. The highest BCUT2D eigenvalue weighted by molar-refractivity contribution is 7.93. The second kappa shape index (κ2) is 26.1. The van der Waals surface area contributed by atoms with Gasteiger partial charge in [0.05, 0.1) is 14.2 Å². The molecule has 0 spiro atoms. The van der Waals surface area contributed by atoms with Gasteiger partial charge in [0.25, 0.3) is 0 Å². The lowest BCUT2D eigenvalue weighted by Crippen LogP contribution is -2.19. The molecule has 2 rings (SSSR count). The summed E-state index contributed by atoms with van der Waals surface area (Å²) in [5, 5.41) is 20.0. The Labute approximate surface area is 265 Å². The number of hydrogen-bond donors (Lipinski definition) is 2. The minimum atomic E-state index is -0.112. The lowest BCUT2D eigenvalue weighted by molar-refractivity contribution is -0.432. The van der Waals surface area contributed by atoms with Gasteiger partial charge < -0.3 is 19.4 Å². The zero-order valence-electron chi connectivity index (χ0n) is 28.0. The summed E-state index contributed by atoms with van der Waals surface area (Å²) in [6, 6.07) is 0. The zero-order chi connectivity index (χ0) is 32.6. The smallest absolute Gasteiger partial charge is 0.305 e. The maximum absolute atomic E-state index is 11.2. The number of rotatable bonds is 18. The summed E-state index contributed by atoms with van der Waals surface area (Å²) in [5.74, 6) is 4.49. The normalized spacial score (nSPS) is 27.8. The van der Waals surface area contributed by atoms with Gasteiger partial charge in [0, 0.05) is 43.7 Å². The Morgan fingerprint density at radius 2 is 1.16 bits per heavy atom. The molecule has 0 radical (unpaired) electrons. The molecule has 254 valence electrons. The SMILES string of the molecule is COC(=O)CCCCCC[C@@H]1[C@@H](C=O)[C@H](C)C[C@@H]1C.COC(=O)CCCCCC[C@@H]1[C@@H](CO)[C@H](C)C[C@@H]1C.CSOOO. The minimum Gasteiger partial charge on any atom is -0.469 e. The van der Waals surface area contributed by atoms with Crippen LogP contribution in [-0.2, 0) is 33.2 Å². The van der Waals surface area contributed by atoms with Crippen LogP contribution in [0.15, 0.2) is 0 Å². The van der Waals surface area contributed by atoms with E-state index in [9.17, 15) is 19.5 Å². The van der Waals surface area contributed by atoms with Crippen molar-refractivity contribution in [2.45, 2.75) is 118 Å². The number of methoxy groups -OCH3 is 2. The molecule has 10 heteroatoms. The van der Waals surface area contributed by atoms with Crippen molar-refractivity contribution in [2.75, 3.05) is 27.1 Å². The summed E-state index contributed by atoms with van der Waals surface area (Å²) < 4.78 is 13.0. The Morgan fingerprint density at radius 1 is 0.721 bits per heavy atom. The molecule has 0 heterocycles. The van der Waals surface area contributed by atoms with Crippen molar-refractivity contribution in [2.24, 2.45) is 47.3 Å². The number of hydrogen-bond acceptors (Lipinski definition) is 10. The van der Waals surface area contributed by atoms with E-state index in [0.29, 0.717) is 55.0 Å². The number of carbonyl (C=O) groups excluding carboxylic acids is 3. The fraction of sp³-hybridized carbons (Fsp3) is 0.909. The third kappa shape index (κ3) is 17.8. The van der Waals surface area contributed by atoms with E-state index < -0.39 is 0 Å².